The number of fused-ring (bicyclic) bond motifs is 1. The molecule has 1 N–H and O–H groups in total. The lowest BCUT2D eigenvalue weighted by Crippen LogP contribution is -1.95. The quantitative estimate of drug-likeness (QED) is 0.795. The molecule has 1 aromatic carbocycles. The molecule has 5 heteroatoms. The Bertz CT molecular complexity index is 378. The number of carbonyl (C=O) groups is 1. The van der Waals surface area contributed by atoms with Crippen LogP contribution in [0.4, 0.5) is 0 Å². The van der Waals surface area contributed by atoms with Crippen LogP contribution in [0.15, 0.2) is 23.1 Å². The minimum absolute atomic E-state index is 0.166. The van der Waals surface area contributed by atoms with E-state index in [9.17, 15) is 4.79 Å². The van der Waals surface area contributed by atoms with Crippen molar-refractivity contribution in [3.05, 3.63) is 18.2 Å². The maximum absolute atomic E-state index is 10.3. The van der Waals surface area contributed by atoms with Crippen molar-refractivity contribution in [3.63, 3.8) is 0 Å². The van der Waals surface area contributed by atoms with E-state index in [1.807, 2.05) is 18.2 Å². The molecule has 1 aliphatic rings. The zero-order valence-electron chi connectivity index (χ0n) is 7.93. The van der Waals surface area contributed by atoms with E-state index < -0.39 is 5.97 Å². The second-order valence-electron chi connectivity index (χ2n) is 3.01. The molecular weight excluding hydrogens is 216 g/mol. The zero-order chi connectivity index (χ0) is 10.7. The van der Waals surface area contributed by atoms with Crippen molar-refractivity contribution < 1.29 is 19.4 Å². The van der Waals surface area contributed by atoms with Crippen LogP contribution in [-0.4, -0.2) is 23.6 Å². The highest BCUT2D eigenvalue weighted by atomic mass is 32.2. The zero-order valence-corrected chi connectivity index (χ0v) is 8.75. The van der Waals surface area contributed by atoms with Gasteiger partial charge < -0.3 is 14.6 Å². The molecule has 4 nitrogen and oxygen atoms in total. The lowest BCUT2D eigenvalue weighted by atomic mass is 10.3. The van der Waals surface area contributed by atoms with Crippen LogP contribution in [0, 0.1) is 0 Å². The minimum Gasteiger partial charge on any atom is -0.481 e. The van der Waals surface area contributed by atoms with Crippen LogP contribution in [0.1, 0.15) is 6.42 Å². The van der Waals surface area contributed by atoms with Gasteiger partial charge in [0.1, 0.15) is 0 Å². The summed E-state index contributed by atoms with van der Waals surface area (Å²) >= 11 is 1.50. The van der Waals surface area contributed by atoms with E-state index in [0.717, 1.165) is 16.4 Å². The standard InChI is InChI=1S/C10H10O4S/c11-10(12)3-4-15-7-1-2-8-9(5-7)14-6-13-8/h1-2,5H,3-4,6H2,(H,11,12). The first-order valence-corrected chi connectivity index (χ1v) is 5.48. The normalized spacial score (nSPS) is 12.8. The molecule has 15 heavy (non-hydrogen) atoms. The Balaban J connectivity index is 1.95. The van der Waals surface area contributed by atoms with E-state index in [1.165, 1.54) is 11.8 Å². The van der Waals surface area contributed by atoms with E-state index >= 15 is 0 Å². The highest BCUT2D eigenvalue weighted by Crippen LogP contribution is 2.35. The number of benzene rings is 1. The summed E-state index contributed by atoms with van der Waals surface area (Å²) in [6, 6.07) is 5.61. The topological polar surface area (TPSA) is 55.8 Å². The average molecular weight is 226 g/mol. The average Bonchev–Trinajstić information content (AvgIpc) is 2.64. The second kappa shape index (κ2) is 4.44. The number of thioether (sulfide) groups is 1. The molecule has 0 fully saturated rings. The van der Waals surface area contributed by atoms with Gasteiger partial charge in [0.2, 0.25) is 6.79 Å². The highest BCUT2D eigenvalue weighted by Gasteiger charge is 2.13. The van der Waals surface area contributed by atoms with Gasteiger partial charge in [-0.15, -0.1) is 11.8 Å². The predicted octanol–water partition coefficient (Wildman–Crippen LogP) is 1.98. The molecule has 80 valence electrons. The van der Waals surface area contributed by atoms with Crippen LogP contribution in [0.25, 0.3) is 0 Å². The monoisotopic (exact) mass is 226 g/mol. The third-order valence-electron chi connectivity index (χ3n) is 1.93. The molecule has 0 atom stereocenters. The summed E-state index contributed by atoms with van der Waals surface area (Å²) in [4.78, 5) is 11.3. The van der Waals surface area contributed by atoms with Crippen molar-refractivity contribution in [1.29, 1.82) is 0 Å². The Morgan fingerprint density at radius 1 is 1.40 bits per heavy atom. The first kappa shape index (κ1) is 10.2. The first-order chi connectivity index (χ1) is 7.25. The number of carboxylic acids is 1. The summed E-state index contributed by atoms with van der Waals surface area (Å²) in [6.07, 6.45) is 0.166. The fourth-order valence-corrected chi connectivity index (χ4v) is 2.09. The SMILES string of the molecule is O=C(O)CCSc1ccc2c(c1)OCO2. The fourth-order valence-electron chi connectivity index (χ4n) is 1.22. The molecule has 1 aromatic rings. The maximum atomic E-state index is 10.3. The van der Waals surface area contributed by atoms with Crippen molar-refractivity contribution in [3.8, 4) is 11.5 Å². The van der Waals surface area contributed by atoms with Crippen LogP contribution in [0.5, 0.6) is 11.5 Å². The Morgan fingerprint density at radius 3 is 3.00 bits per heavy atom. The van der Waals surface area contributed by atoms with Crippen molar-refractivity contribution in [2.24, 2.45) is 0 Å². The third-order valence-corrected chi connectivity index (χ3v) is 2.92. The molecule has 0 saturated heterocycles. The van der Waals surface area contributed by atoms with E-state index in [1.54, 1.807) is 0 Å². The van der Waals surface area contributed by atoms with E-state index in [0.29, 0.717) is 5.75 Å². The van der Waals surface area contributed by atoms with Crippen LogP contribution in [0.2, 0.25) is 0 Å². The number of aliphatic carboxylic acids is 1. The maximum Gasteiger partial charge on any atom is 0.304 e. The van der Waals surface area contributed by atoms with Gasteiger partial charge in [0, 0.05) is 10.6 Å². The van der Waals surface area contributed by atoms with Gasteiger partial charge in [-0.25, -0.2) is 0 Å². The molecule has 0 aliphatic carbocycles. The van der Waals surface area contributed by atoms with Gasteiger partial charge in [-0.2, -0.15) is 0 Å². The van der Waals surface area contributed by atoms with Crippen molar-refractivity contribution in [2.75, 3.05) is 12.5 Å². The second-order valence-corrected chi connectivity index (χ2v) is 4.18. The fraction of sp³-hybridized carbons (Fsp3) is 0.300. The third kappa shape index (κ3) is 2.56. The molecular formula is C10H10O4S. The van der Waals surface area contributed by atoms with E-state index in [2.05, 4.69) is 0 Å². The van der Waals surface area contributed by atoms with Gasteiger partial charge >= 0.3 is 5.97 Å². The molecule has 0 spiro atoms. The molecule has 0 aromatic heterocycles. The van der Waals surface area contributed by atoms with Crippen molar-refractivity contribution in [2.45, 2.75) is 11.3 Å². The first-order valence-electron chi connectivity index (χ1n) is 4.50. The summed E-state index contributed by atoms with van der Waals surface area (Å²) in [7, 11) is 0. The summed E-state index contributed by atoms with van der Waals surface area (Å²) in [5, 5.41) is 8.49. The van der Waals surface area contributed by atoms with Gasteiger partial charge in [0.15, 0.2) is 11.5 Å². The highest BCUT2D eigenvalue weighted by molar-refractivity contribution is 7.99. The number of carboxylic acid groups (broad SMARTS) is 1. The van der Waals surface area contributed by atoms with Crippen molar-refractivity contribution in [1.82, 2.24) is 0 Å². The van der Waals surface area contributed by atoms with Gasteiger partial charge in [-0.05, 0) is 18.2 Å². The molecule has 0 amide bonds. The van der Waals surface area contributed by atoms with Gasteiger partial charge in [0.25, 0.3) is 0 Å². The summed E-state index contributed by atoms with van der Waals surface area (Å²) in [5.74, 6) is 1.27. The van der Waals surface area contributed by atoms with Gasteiger partial charge in [0.05, 0.1) is 6.42 Å². The molecule has 0 radical (unpaired) electrons. The van der Waals surface area contributed by atoms with E-state index in [-0.39, 0.29) is 13.2 Å². The van der Waals surface area contributed by atoms with Crippen LogP contribution in [0.3, 0.4) is 0 Å². The van der Waals surface area contributed by atoms with Crippen LogP contribution >= 0.6 is 11.8 Å². The lowest BCUT2D eigenvalue weighted by molar-refractivity contribution is -0.136. The summed E-state index contributed by atoms with van der Waals surface area (Å²) < 4.78 is 10.4. The molecule has 1 heterocycles. The summed E-state index contributed by atoms with van der Waals surface area (Å²) in [6.45, 7) is 0.262. The lowest BCUT2D eigenvalue weighted by Gasteiger charge is -2.01. The van der Waals surface area contributed by atoms with Gasteiger partial charge in [-0.1, -0.05) is 0 Å². The number of hydrogen-bond donors (Lipinski definition) is 1. The Kier molecular flexibility index (Phi) is 3.01. The Hall–Kier alpha value is -1.36. The summed E-state index contributed by atoms with van der Waals surface area (Å²) in [5.41, 5.74) is 0. The molecule has 1 aliphatic heterocycles. The van der Waals surface area contributed by atoms with E-state index in [4.69, 9.17) is 14.6 Å². The Morgan fingerprint density at radius 2 is 2.20 bits per heavy atom. The number of hydrogen-bond acceptors (Lipinski definition) is 4. The largest absolute Gasteiger partial charge is 0.481 e. The minimum atomic E-state index is -0.775. The molecule has 2 rings (SSSR count). The van der Waals surface area contributed by atoms with Gasteiger partial charge in [-0.3, -0.25) is 4.79 Å². The predicted molar refractivity (Wildman–Crippen MR) is 55.5 cm³/mol. The Labute approximate surface area is 91.2 Å². The number of ether oxygens (including phenoxy) is 2. The molecule has 0 unspecified atom stereocenters. The smallest absolute Gasteiger partial charge is 0.304 e. The van der Waals surface area contributed by atoms with Crippen LogP contribution in [-0.2, 0) is 4.79 Å². The molecule has 0 bridgehead atoms. The molecule has 0 saturated carbocycles. The van der Waals surface area contributed by atoms with Crippen molar-refractivity contribution >= 4 is 17.7 Å². The van der Waals surface area contributed by atoms with Crippen LogP contribution < -0.4 is 9.47 Å². The number of rotatable bonds is 4.